The van der Waals surface area contributed by atoms with Crippen molar-refractivity contribution in [1.29, 1.82) is 0 Å². The van der Waals surface area contributed by atoms with Crippen molar-refractivity contribution in [3.8, 4) is 11.1 Å². The summed E-state index contributed by atoms with van der Waals surface area (Å²) < 4.78 is 31.8. The molecular formula is C29H28N6O4S2. The van der Waals surface area contributed by atoms with Gasteiger partial charge in [0.1, 0.15) is 10.7 Å². The molecule has 10 nitrogen and oxygen atoms in total. The minimum atomic E-state index is -3.45. The number of nitrogens with one attached hydrogen (secondary N) is 1. The van der Waals surface area contributed by atoms with Gasteiger partial charge in [-0.25, -0.2) is 18.4 Å². The van der Waals surface area contributed by atoms with Crippen LogP contribution in [0.15, 0.2) is 82.1 Å². The highest BCUT2D eigenvalue weighted by Crippen LogP contribution is 2.26. The summed E-state index contributed by atoms with van der Waals surface area (Å²) in [4.78, 5) is 29.8. The van der Waals surface area contributed by atoms with E-state index in [-0.39, 0.29) is 23.1 Å². The monoisotopic (exact) mass is 588 g/mol. The lowest BCUT2D eigenvalue weighted by Crippen LogP contribution is -2.35. The van der Waals surface area contributed by atoms with E-state index in [2.05, 4.69) is 27.2 Å². The number of benzene rings is 2. The molecule has 0 radical (unpaired) electrons. The fourth-order valence-electron chi connectivity index (χ4n) is 4.82. The van der Waals surface area contributed by atoms with Gasteiger partial charge in [-0.15, -0.1) is 11.3 Å². The van der Waals surface area contributed by atoms with Crippen molar-refractivity contribution in [2.75, 3.05) is 38.3 Å². The molecule has 0 bridgehead atoms. The Labute approximate surface area is 241 Å². The first-order chi connectivity index (χ1) is 19.7. The van der Waals surface area contributed by atoms with E-state index in [1.807, 2.05) is 29.6 Å². The summed E-state index contributed by atoms with van der Waals surface area (Å²) in [5.41, 5.74) is 2.91. The van der Waals surface area contributed by atoms with E-state index in [1.165, 1.54) is 23.5 Å². The second-order valence-corrected chi connectivity index (χ2v) is 13.0. The lowest BCUT2D eigenvalue weighted by Gasteiger charge is -2.30. The average Bonchev–Trinajstić information content (AvgIpc) is 3.48. The number of hydrogen-bond acceptors (Lipinski definition) is 10. The second-order valence-electron chi connectivity index (χ2n) is 10.0. The Hall–Kier alpha value is -3.97. The first-order valence-corrected chi connectivity index (χ1v) is 15.8. The van der Waals surface area contributed by atoms with Gasteiger partial charge in [0, 0.05) is 53.8 Å². The third kappa shape index (κ3) is 5.91. The maximum Gasteiger partial charge on any atom is 0.260 e. The number of likely N-dealkylation sites (N-methyl/N-ethyl adjacent to an activating group) is 1. The van der Waals surface area contributed by atoms with E-state index in [4.69, 9.17) is 9.72 Å². The maximum atomic E-state index is 13.8. The zero-order valence-corrected chi connectivity index (χ0v) is 24.2. The van der Waals surface area contributed by atoms with Gasteiger partial charge in [-0.05, 0) is 48.5 Å². The third-order valence-corrected chi connectivity index (χ3v) is 8.86. The van der Waals surface area contributed by atoms with Crippen molar-refractivity contribution in [2.45, 2.75) is 17.5 Å². The van der Waals surface area contributed by atoms with Crippen LogP contribution in [-0.4, -0.2) is 65.8 Å². The lowest BCUT2D eigenvalue weighted by atomic mass is 10.1. The van der Waals surface area contributed by atoms with Crippen molar-refractivity contribution >= 4 is 43.8 Å². The molecular weight excluding hydrogens is 560 g/mol. The SMILES string of the molecule is CN1CCOC(c2ccc(Nc3ncc4cc(-c5cccc(S(C)(=O)=O)c5)c(=O)n(Cc5nccs5)c4n3)cc2)C1. The fraction of sp³-hybridized carbons (Fsp3) is 0.241. The summed E-state index contributed by atoms with van der Waals surface area (Å²) >= 11 is 1.44. The van der Waals surface area contributed by atoms with Crippen molar-refractivity contribution in [1.82, 2.24) is 24.4 Å². The minimum Gasteiger partial charge on any atom is -0.371 e. The molecule has 5 aromatic rings. The number of thiazole rings is 1. The van der Waals surface area contributed by atoms with Gasteiger partial charge in [0.2, 0.25) is 5.95 Å². The van der Waals surface area contributed by atoms with E-state index < -0.39 is 9.84 Å². The number of rotatable bonds is 7. The third-order valence-electron chi connectivity index (χ3n) is 6.99. The first-order valence-electron chi connectivity index (χ1n) is 13.0. The van der Waals surface area contributed by atoms with Crippen LogP contribution >= 0.6 is 11.3 Å². The summed E-state index contributed by atoms with van der Waals surface area (Å²) in [7, 11) is -1.36. The smallest absolute Gasteiger partial charge is 0.260 e. The van der Waals surface area contributed by atoms with Gasteiger partial charge in [0.25, 0.3) is 5.56 Å². The zero-order chi connectivity index (χ0) is 28.6. The van der Waals surface area contributed by atoms with Crippen LogP contribution in [0.4, 0.5) is 11.6 Å². The number of aromatic nitrogens is 4. The maximum absolute atomic E-state index is 13.8. The van der Waals surface area contributed by atoms with Gasteiger partial charge in [0.05, 0.1) is 24.2 Å². The van der Waals surface area contributed by atoms with Crippen molar-refractivity contribution in [3.63, 3.8) is 0 Å². The van der Waals surface area contributed by atoms with E-state index in [9.17, 15) is 13.2 Å². The van der Waals surface area contributed by atoms with Crippen LogP contribution in [0.5, 0.6) is 0 Å². The van der Waals surface area contributed by atoms with Gasteiger partial charge >= 0.3 is 0 Å². The number of anilines is 2. The molecule has 0 saturated carbocycles. The highest BCUT2D eigenvalue weighted by Gasteiger charge is 2.20. The highest BCUT2D eigenvalue weighted by atomic mass is 32.2. The Morgan fingerprint density at radius 1 is 1.12 bits per heavy atom. The van der Waals surface area contributed by atoms with Crippen LogP contribution in [-0.2, 0) is 21.1 Å². The predicted octanol–water partition coefficient (Wildman–Crippen LogP) is 4.11. The van der Waals surface area contributed by atoms with Gasteiger partial charge in [0.15, 0.2) is 9.84 Å². The summed E-state index contributed by atoms with van der Waals surface area (Å²) in [6.07, 6.45) is 4.53. The molecule has 1 unspecified atom stereocenters. The molecule has 0 aliphatic carbocycles. The minimum absolute atomic E-state index is 0.0346. The van der Waals surface area contributed by atoms with Crippen LogP contribution in [0.1, 0.15) is 16.7 Å². The van der Waals surface area contributed by atoms with Gasteiger partial charge < -0.3 is 15.0 Å². The van der Waals surface area contributed by atoms with Crippen LogP contribution in [0.3, 0.4) is 0 Å². The summed E-state index contributed by atoms with van der Waals surface area (Å²) in [5, 5.41) is 6.48. The van der Waals surface area contributed by atoms with Gasteiger partial charge in [-0.3, -0.25) is 9.36 Å². The molecule has 4 heterocycles. The Kier molecular flexibility index (Phi) is 7.39. The molecule has 0 spiro atoms. The van der Waals surface area contributed by atoms with Crippen LogP contribution < -0.4 is 10.9 Å². The number of fused-ring (bicyclic) bond motifs is 1. The second kappa shape index (κ2) is 11.1. The summed E-state index contributed by atoms with van der Waals surface area (Å²) in [5.74, 6) is 0.345. The number of morpholine rings is 1. The molecule has 1 saturated heterocycles. The van der Waals surface area contributed by atoms with Gasteiger partial charge in [-0.2, -0.15) is 4.98 Å². The Bertz CT molecular complexity index is 1870. The molecule has 1 fully saturated rings. The van der Waals surface area contributed by atoms with Crippen molar-refractivity contribution in [2.24, 2.45) is 0 Å². The molecule has 1 aliphatic rings. The summed E-state index contributed by atoms with van der Waals surface area (Å²) in [6, 6.07) is 16.1. The number of ether oxygens (including phenoxy) is 1. The molecule has 6 rings (SSSR count). The largest absolute Gasteiger partial charge is 0.371 e. The number of nitrogens with zero attached hydrogens (tertiary/aromatic N) is 5. The molecule has 1 aliphatic heterocycles. The molecule has 3 aromatic heterocycles. The standard InChI is InChI=1S/C29H28N6O4S2/c1-34-11-12-39-25(17-34)19-6-8-22(9-7-19)32-29-31-16-21-15-24(20-4-3-5-23(14-20)41(2,37)38)28(36)35(27(21)33-29)18-26-30-10-13-40-26/h3-10,13-16,25H,11-12,17-18H2,1-2H3,(H,31,32,33). The van der Waals surface area contributed by atoms with Crippen molar-refractivity contribution in [3.05, 3.63) is 93.3 Å². The normalized spacial score (nSPS) is 16.2. The summed E-state index contributed by atoms with van der Waals surface area (Å²) in [6.45, 7) is 2.70. The van der Waals surface area contributed by atoms with Crippen LogP contribution in [0.25, 0.3) is 22.2 Å². The Morgan fingerprint density at radius 2 is 1.95 bits per heavy atom. The topological polar surface area (TPSA) is 119 Å². The van der Waals surface area contributed by atoms with Crippen LogP contribution in [0.2, 0.25) is 0 Å². The zero-order valence-electron chi connectivity index (χ0n) is 22.5. The first kappa shape index (κ1) is 27.2. The predicted molar refractivity (Wildman–Crippen MR) is 159 cm³/mol. The van der Waals surface area contributed by atoms with Gasteiger partial charge in [-0.1, -0.05) is 24.3 Å². The van der Waals surface area contributed by atoms with E-state index >= 15 is 0 Å². The van der Waals surface area contributed by atoms with E-state index in [0.717, 1.165) is 35.6 Å². The fourth-order valence-corrected chi connectivity index (χ4v) is 6.09. The van der Waals surface area contributed by atoms with Crippen molar-refractivity contribution < 1.29 is 13.2 Å². The Morgan fingerprint density at radius 3 is 2.68 bits per heavy atom. The number of sulfone groups is 1. The number of pyridine rings is 1. The molecule has 1 N–H and O–H groups in total. The molecule has 2 aromatic carbocycles. The highest BCUT2D eigenvalue weighted by molar-refractivity contribution is 7.90. The quantitative estimate of drug-likeness (QED) is 0.300. The van der Waals surface area contributed by atoms with Crippen LogP contribution in [0, 0.1) is 0 Å². The Balaban J connectivity index is 1.37. The molecule has 41 heavy (non-hydrogen) atoms. The van der Waals surface area contributed by atoms with E-state index in [1.54, 1.807) is 35.2 Å². The molecule has 210 valence electrons. The number of hydrogen-bond donors (Lipinski definition) is 1. The molecule has 1 atom stereocenters. The lowest BCUT2D eigenvalue weighted by molar-refractivity contribution is -0.0208. The molecule has 0 amide bonds. The molecule has 12 heteroatoms. The average molecular weight is 589 g/mol. The van der Waals surface area contributed by atoms with E-state index in [0.29, 0.717) is 34.7 Å².